The number of hydrogen-bond acceptors (Lipinski definition) is 3. The van der Waals surface area contributed by atoms with E-state index in [0.29, 0.717) is 5.78 Å². The van der Waals surface area contributed by atoms with Gasteiger partial charge < -0.3 is 0 Å². The first-order chi connectivity index (χ1) is 7.41. The predicted octanol–water partition coefficient (Wildman–Crippen LogP) is 1.28. The van der Waals surface area contributed by atoms with Crippen LogP contribution in [0.5, 0.6) is 0 Å². The van der Waals surface area contributed by atoms with Crippen LogP contribution in [0.4, 0.5) is 0 Å². The Balaban J connectivity index is 2.72. The van der Waals surface area contributed by atoms with E-state index in [0.717, 1.165) is 17.9 Å². The molecule has 2 aromatic heterocycles. The minimum Gasteiger partial charge on any atom is -0.275 e. The van der Waals surface area contributed by atoms with Gasteiger partial charge in [-0.3, -0.25) is 9.89 Å². The molecule has 0 aliphatic rings. The first-order valence-electron chi connectivity index (χ1n) is 5.41. The van der Waals surface area contributed by atoms with Crippen molar-refractivity contribution >= 4 is 5.78 Å². The molecule has 5 heteroatoms. The van der Waals surface area contributed by atoms with Gasteiger partial charge in [-0.1, -0.05) is 27.7 Å². The number of aryl methyl sites for hydroxylation is 1. The van der Waals surface area contributed by atoms with Crippen LogP contribution < -0.4 is 5.56 Å². The van der Waals surface area contributed by atoms with Crippen molar-refractivity contribution in [2.24, 2.45) is 0 Å². The fourth-order valence-corrected chi connectivity index (χ4v) is 1.47. The van der Waals surface area contributed by atoms with Gasteiger partial charge in [-0.15, -0.1) is 0 Å². The highest BCUT2D eigenvalue weighted by atomic mass is 16.1. The molecule has 1 N–H and O–H groups in total. The summed E-state index contributed by atoms with van der Waals surface area (Å²) in [6, 6.07) is 1.56. The number of nitrogens with one attached hydrogen (secondary N) is 1. The van der Waals surface area contributed by atoms with Crippen molar-refractivity contribution in [2.45, 2.75) is 39.5 Å². The molecule has 2 heterocycles. The van der Waals surface area contributed by atoms with Gasteiger partial charge in [0.1, 0.15) is 5.82 Å². The highest BCUT2D eigenvalue weighted by molar-refractivity contribution is 5.30. The van der Waals surface area contributed by atoms with Crippen molar-refractivity contribution in [1.82, 2.24) is 19.6 Å². The first kappa shape index (κ1) is 10.9. The number of fused-ring (bicyclic) bond motifs is 1. The second-order valence-corrected chi connectivity index (χ2v) is 4.89. The van der Waals surface area contributed by atoms with Crippen LogP contribution in [0.1, 0.15) is 39.2 Å². The molecular formula is C11H16N4O. The summed E-state index contributed by atoms with van der Waals surface area (Å²) in [6.45, 7) is 8.06. The minimum atomic E-state index is -0.140. The van der Waals surface area contributed by atoms with Crippen LogP contribution in [0.2, 0.25) is 0 Å². The van der Waals surface area contributed by atoms with Crippen LogP contribution >= 0.6 is 0 Å². The molecule has 0 unspecified atom stereocenters. The number of rotatable bonds is 1. The molecule has 0 spiro atoms. The quantitative estimate of drug-likeness (QED) is 0.787. The summed E-state index contributed by atoms with van der Waals surface area (Å²) < 4.78 is 1.38. The van der Waals surface area contributed by atoms with Gasteiger partial charge in [0.15, 0.2) is 0 Å². The van der Waals surface area contributed by atoms with Crippen molar-refractivity contribution in [3.8, 4) is 0 Å². The average molecular weight is 220 g/mol. The van der Waals surface area contributed by atoms with E-state index in [2.05, 4.69) is 15.1 Å². The first-order valence-corrected chi connectivity index (χ1v) is 5.41. The van der Waals surface area contributed by atoms with Crippen LogP contribution in [0.3, 0.4) is 0 Å². The van der Waals surface area contributed by atoms with Crippen molar-refractivity contribution < 1.29 is 0 Å². The monoisotopic (exact) mass is 220 g/mol. The smallest absolute Gasteiger partial charge is 0.274 e. The molecule has 0 saturated heterocycles. The van der Waals surface area contributed by atoms with Gasteiger partial charge in [0.05, 0.1) is 5.69 Å². The van der Waals surface area contributed by atoms with E-state index in [9.17, 15) is 4.79 Å². The number of nitrogens with zero attached hydrogens (tertiary/aromatic N) is 3. The second kappa shape index (κ2) is 3.43. The summed E-state index contributed by atoms with van der Waals surface area (Å²) >= 11 is 0. The van der Waals surface area contributed by atoms with Gasteiger partial charge in [0.25, 0.3) is 11.3 Å². The highest BCUT2D eigenvalue weighted by Gasteiger charge is 2.18. The van der Waals surface area contributed by atoms with Crippen LogP contribution in [0.15, 0.2) is 10.9 Å². The lowest BCUT2D eigenvalue weighted by atomic mass is 9.92. The molecule has 2 aromatic rings. The van der Waals surface area contributed by atoms with E-state index >= 15 is 0 Å². The lowest BCUT2D eigenvalue weighted by Crippen LogP contribution is -2.22. The maximum atomic E-state index is 11.8. The van der Waals surface area contributed by atoms with Gasteiger partial charge in [0.2, 0.25) is 0 Å². The summed E-state index contributed by atoms with van der Waals surface area (Å²) in [5.74, 6) is 1.23. The Labute approximate surface area is 93.5 Å². The van der Waals surface area contributed by atoms with Gasteiger partial charge in [-0.2, -0.15) is 9.50 Å². The molecule has 0 atom stereocenters. The normalized spacial score (nSPS) is 12.2. The predicted molar refractivity (Wildman–Crippen MR) is 61.7 cm³/mol. The van der Waals surface area contributed by atoms with Crippen molar-refractivity contribution in [2.75, 3.05) is 0 Å². The third-order valence-corrected chi connectivity index (χ3v) is 2.48. The molecule has 0 aromatic carbocycles. The Hall–Kier alpha value is -1.65. The molecule has 0 aliphatic heterocycles. The number of H-pyrrole nitrogens is 1. The summed E-state index contributed by atoms with van der Waals surface area (Å²) in [4.78, 5) is 20.5. The number of aromatic nitrogens is 4. The maximum Gasteiger partial charge on any atom is 0.274 e. The largest absolute Gasteiger partial charge is 0.275 e. The third kappa shape index (κ3) is 1.73. The third-order valence-electron chi connectivity index (χ3n) is 2.48. The maximum absolute atomic E-state index is 11.8. The van der Waals surface area contributed by atoms with Crippen molar-refractivity contribution in [3.63, 3.8) is 0 Å². The highest BCUT2D eigenvalue weighted by Crippen LogP contribution is 2.18. The van der Waals surface area contributed by atoms with Gasteiger partial charge in [-0.25, -0.2) is 4.98 Å². The molecule has 0 radical (unpaired) electrons. The van der Waals surface area contributed by atoms with Gasteiger partial charge >= 0.3 is 0 Å². The van der Waals surface area contributed by atoms with Crippen LogP contribution in [-0.4, -0.2) is 19.6 Å². The minimum absolute atomic E-state index is 0.109. The summed E-state index contributed by atoms with van der Waals surface area (Å²) in [5, 5.41) is 2.92. The topological polar surface area (TPSA) is 63.1 Å². The van der Waals surface area contributed by atoms with Gasteiger partial charge in [0, 0.05) is 17.9 Å². The van der Waals surface area contributed by atoms with E-state index in [4.69, 9.17) is 0 Å². The van der Waals surface area contributed by atoms with Crippen LogP contribution in [0, 0.1) is 0 Å². The van der Waals surface area contributed by atoms with Crippen molar-refractivity contribution in [3.05, 3.63) is 27.9 Å². The fraction of sp³-hybridized carbons (Fsp3) is 0.545. The number of hydrogen-bond donors (Lipinski definition) is 1. The Morgan fingerprint density at radius 2 is 2.06 bits per heavy atom. The summed E-state index contributed by atoms with van der Waals surface area (Å²) in [5.41, 5.74) is 0.521. The Morgan fingerprint density at radius 1 is 1.38 bits per heavy atom. The van der Waals surface area contributed by atoms with E-state index in [1.165, 1.54) is 4.52 Å². The molecule has 16 heavy (non-hydrogen) atoms. The zero-order valence-electron chi connectivity index (χ0n) is 10.0. The molecule has 0 fully saturated rings. The lowest BCUT2D eigenvalue weighted by molar-refractivity contribution is 0.566. The molecule has 5 nitrogen and oxygen atoms in total. The molecule has 86 valence electrons. The summed E-state index contributed by atoms with van der Waals surface area (Å²) in [7, 11) is 0. The van der Waals surface area contributed by atoms with Gasteiger partial charge in [-0.05, 0) is 0 Å². The van der Waals surface area contributed by atoms with E-state index in [1.54, 1.807) is 6.07 Å². The lowest BCUT2D eigenvalue weighted by Gasteiger charge is -2.16. The fourth-order valence-electron chi connectivity index (χ4n) is 1.47. The second-order valence-electron chi connectivity index (χ2n) is 4.89. The Kier molecular flexibility index (Phi) is 2.33. The molecule has 0 bridgehead atoms. The van der Waals surface area contributed by atoms with E-state index in [-0.39, 0.29) is 11.0 Å². The Morgan fingerprint density at radius 3 is 2.62 bits per heavy atom. The standard InChI is InChI=1S/C11H16N4O/c1-5-8-13-10-12-7(11(2,3)4)6-9(16)15(10)14-8/h6H,5H2,1-4H3,(H,12,13,14). The zero-order valence-corrected chi connectivity index (χ0v) is 10.0. The molecule has 2 rings (SSSR count). The van der Waals surface area contributed by atoms with Crippen LogP contribution in [0.25, 0.3) is 5.78 Å². The summed E-state index contributed by atoms with van der Waals surface area (Å²) in [6.07, 6.45) is 0.758. The Bertz CT molecular complexity index is 574. The molecule has 0 aliphatic carbocycles. The average Bonchev–Trinajstić information content (AvgIpc) is 2.59. The van der Waals surface area contributed by atoms with E-state index in [1.807, 2.05) is 27.7 Å². The molecule has 0 amide bonds. The van der Waals surface area contributed by atoms with E-state index < -0.39 is 0 Å². The number of aromatic amines is 1. The SMILES string of the molecule is CCc1nc2nc(C(C)(C)C)cc(=O)n2[nH]1. The molecular weight excluding hydrogens is 204 g/mol. The molecule has 0 saturated carbocycles. The zero-order chi connectivity index (χ0) is 11.9. The van der Waals surface area contributed by atoms with Crippen molar-refractivity contribution in [1.29, 1.82) is 0 Å². The van der Waals surface area contributed by atoms with Crippen LogP contribution in [-0.2, 0) is 11.8 Å².